The Morgan fingerprint density at radius 3 is 1.58 bits per heavy atom. The van der Waals surface area contributed by atoms with Crippen LogP contribution in [0.4, 0.5) is 11.4 Å². The van der Waals surface area contributed by atoms with E-state index in [4.69, 9.17) is 23.2 Å². The maximum absolute atomic E-state index is 13.2. The van der Waals surface area contributed by atoms with Crippen LogP contribution in [0, 0.1) is 0 Å². The van der Waals surface area contributed by atoms with Crippen LogP contribution in [0.15, 0.2) is 36.4 Å². The van der Waals surface area contributed by atoms with Gasteiger partial charge in [-0.05, 0) is 23.3 Å². The van der Waals surface area contributed by atoms with Crippen molar-refractivity contribution < 1.29 is 9.59 Å². The van der Waals surface area contributed by atoms with Gasteiger partial charge >= 0.3 is 0 Å². The molecule has 3 aliphatic rings. The third-order valence-corrected chi connectivity index (χ3v) is 5.73. The Labute approximate surface area is 148 Å². The summed E-state index contributed by atoms with van der Waals surface area (Å²) in [7, 11) is 0. The highest BCUT2D eigenvalue weighted by Crippen LogP contribution is 2.46. The van der Waals surface area contributed by atoms with Crippen LogP contribution < -0.4 is 9.80 Å². The molecule has 1 saturated heterocycles. The van der Waals surface area contributed by atoms with Crippen LogP contribution in [0.3, 0.4) is 0 Å². The van der Waals surface area contributed by atoms with Crippen LogP contribution >= 0.6 is 23.2 Å². The fraction of sp³-hybridized carbons (Fsp3) is 0.222. The Morgan fingerprint density at radius 2 is 1.17 bits per heavy atom. The van der Waals surface area contributed by atoms with Gasteiger partial charge < -0.3 is 0 Å². The van der Waals surface area contributed by atoms with E-state index in [0.29, 0.717) is 34.3 Å². The van der Waals surface area contributed by atoms with Crippen molar-refractivity contribution in [2.75, 3.05) is 9.80 Å². The molecule has 0 saturated carbocycles. The van der Waals surface area contributed by atoms with Crippen molar-refractivity contribution in [2.24, 2.45) is 0 Å². The number of piperazine rings is 1. The van der Waals surface area contributed by atoms with E-state index in [2.05, 4.69) is 0 Å². The van der Waals surface area contributed by atoms with E-state index in [1.54, 1.807) is 21.9 Å². The molecular weight excluding hydrogens is 347 g/mol. The number of rotatable bonds is 0. The molecule has 2 amide bonds. The molecule has 0 bridgehead atoms. The number of nitrogens with zero attached hydrogens (tertiary/aromatic N) is 2. The Morgan fingerprint density at radius 1 is 0.750 bits per heavy atom. The first kappa shape index (κ1) is 14.3. The first-order valence-electron chi connectivity index (χ1n) is 7.79. The molecule has 2 aromatic rings. The van der Waals surface area contributed by atoms with Crippen LogP contribution in [0.1, 0.15) is 11.1 Å². The van der Waals surface area contributed by atoms with E-state index in [1.165, 1.54) is 0 Å². The number of benzene rings is 2. The molecule has 4 nitrogen and oxygen atoms in total. The molecule has 5 rings (SSSR count). The molecule has 1 fully saturated rings. The van der Waals surface area contributed by atoms with Gasteiger partial charge in [-0.15, -0.1) is 0 Å². The zero-order valence-electron chi connectivity index (χ0n) is 12.5. The summed E-state index contributed by atoms with van der Waals surface area (Å²) in [5, 5.41) is 1.02. The van der Waals surface area contributed by atoms with Crippen LogP contribution in [-0.4, -0.2) is 23.9 Å². The Kier molecular flexibility index (Phi) is 2.83. The van der Waals surface area contributed by atoms with Crippen molar-refractivity contribution in [3.63, 3.8) is 0 Å². The number of halogens is 2. The minimum atomic E-state index is -0.536. The lowest BCUT2D eigenvalue weighted by Crippen LogP contribution is -2.63. The number of fused-ring (bicyclic) bond motifs is 6. The zero-order chi connectivity index (χ0) is 16.6. The Bertz CT molecular complexity index is 852. The van der Waals surface area contributed by atoms with Crippen LogP contribution in [0.25, 0.3) is 0 Å². The van der Waals surface area contributed by atoms with Gasteiger partial charge in [0.15, 0.2) is 0 Å². The summed E-state index contributed by atoms with van der Waals surface area (Å²) in [6, 6.07) is 9.99. The van der Waals surface area contributed by atoms with Crippen molar-refractivity contribution in [2.45, 2.75) is 24.9 Å². The quantitative estimate of drug-likeness (QED) is 0.725. The molecule has 6 heteroatoms. The molecule has 0 radical (unpaired) electrons. The second-order valence-electron chi connectivity index (χ2n) is 6.35. The van der Waals surface area contributed by atoms with Crippen molar-refractivity contribution in [3.05, 3.63) is 57.6 Å². The van der Waals surface area contributed by atoms with Gasteiger partial charge in [0, 0.05) is 12.8 Å². The fourth-order valence-corrected chi connectivity index (χ4v) is 4.71. The van der Waals surface area contributed by atoms with E-state index < -0.39 is 12.1 Å². The highest BCUT2D eigenvalue weighted by atomic mass is 35.5. The van der Waals surface area contributed by atoms with Crippen LogP contribution in [-0.2, 0) is 22.4 Å². The first-order valence-corrected chi connectivity index (χ1v) is 8.54. The number of para-hydroxylation sites is 2. The molecule has 120 valence electrons. The van der Waals surface area contributed by atoms with E-state index in [9.17, 15) is 9.59 Å². The predicted molar refractivity (Wildman–Crippen MR) is 92.9 cm³/mol. The maximum Gasteiger partial charge on any atom is 0.251 e. The first-order chi connectivity index (χ1) is 11.6. The molecule has 0 N–H and O–H groups in total. The van der Waals surface area contributed by atoms with Crippen molar-refractivity contribution >= 4 is 46.4 Å². The average molecular weight is 359 g/mol. The van der Waals surface area contributed by atoms with Gasteiger partial charge in [0.25, 0.3) is 11.8 Å². The Hall–Kier alpha value is -2.04. The second-order valence-corrected chi connectivity index (χ2v) is 7.17. The van der Waals surface area contributed by atoms with E-state index in [1.807, 2.05) is 24.3 Å². The molecule has 2 atom stereocenters. The number of carbonyl (C=O) groups excluding carboxylic acids is 2. The van der Waals surface area contributed by atoms with Gasteiger partial charge in [0.1, 0.15) is 12.1 Å². The smallest absolute Gasteiger partial charge is 0.251 e. The minimum Gasteiger partial charge on any atom is -0.296 e. The van der Waals surface area contributed by atoms with Crippen LogP contribution in [0.2, 0.25) is 10.0 Å². The molecular formula is C18H12Cl2N2O2. The van der Waals surface area contributed by atoms with E-state index in [-0.39, 0.29) is 11.8 Å². The lowest BCUT2D eigenvalue weighted by Gasteiger charge is -2.39. The largest absolute Gasteiger partial charge is 0.296 e. The fourth-order valence-electron chi connectivity index (χ4n) is 4.14. The monoisotopic (exact) mass is 358 g/mol. The van der Waals surface area contributed by atoms with Crippen molar-refractivity contribution in [1.29, 1.82) is 0 Å². The lowest BCUT2D eigenvalue weighted by molar-refractivity contribution is -0.130. The number of hydrogen-bond acceptors (Lipinski definition) is 2. The zero-order valence-corrected chi connectivity index (χ0v) is 14.0. The molecule has 0 aliphatic carbocycles. The molecule has 24 heavy (non-hydrogen) atoms. The van der Waals surface area contributed by atoms with Gasteiger partial charge in [-0.1, -0.05) is 47.5 Å². The Balaban J connectivity index is 1.67. The molecule has 2 aromatic carbocycles. The van der Waals surface area contributed by atoms with Gasteiger partial charge in [-0.25, -0.2) is 0 Å². The molecule has 0 unspecified atom stereocenters. The average Bonchev–Trinajstić information content (AvgIpc) is 3.13. The summed E-state index contributed by atoms with van der Waals surface area (Å²) in [5.41, 5.74) is 3.25. The summed E-state index contributed by atoms with van der Waals surface area (Å²) in [4.78, 5) is 29.5. The van der Waals surface area contributed by atoms with Gasteiger partial charge in [-0.2, -0.15) is 0 Å². The molecule has 0 spiro atoms. The number of hydrogen-bond donors (Lipinski definition) is 0. The maximum atomic E-state index is 13.2. The minimum absolute atomic E-state index is 0.0845. The topological polar surface area (TPSA) is 40.6 Å². The highest BCUT2D eigenvalue weighted by molar-refractivity contribution is 6.36. The van der Waals surface area contributed by atoms with Gasteiger partial charge in [0.05, 0.1) is 21.4 Å². The lowest BCUT2D eigenvalue weighted by atomic mass is 10.0. The SMILES string of the molecule is O=C1[C@@H]2Cc3cccc(Cl)c3N2C(=O)[C@@H]2Cc3cccc(Cl)c3N12. The number of amides is 2. The molecule has 3 heterocycles. The molecule has 3 aliphatic heterocycles. The van der Waals surface area contributed by atoms with Gasteiger partial charge in [0.2, 0.25) is 0 Å². The number of carbonyl (C=O) groups is 2. The summed E-state index contributed by atoms with van der Waals surface area (Å²) >= 11 is 12.6. The third kappa shape index (κ3) is 1.65. The van der Waals surface area contributed by atoms with Crippen LogP contribution in [0.5, 0.6) is 0 Å². The third-order valence-electron chi connectivity index (χ3n) is 5.12. The van der Waals surface area contributed by atoms with Crippen molar-refractivity contribution in [3.8, 4) is 0 Å². The second kappa shape index (κ2) is 4.74. The highest BCUT2D eigenvalue weighted by Gasteiger charge is 2.54. The normalized spacial score (nSPS) is 23.9. The van der Waals surface area contributed by atoms with Gasteiger partial charge in [-0.3, -0.25) is 19.4 Å². The van der Waals surface area contributed by atoms with Crippen molar-refractivity contribution in [1.82, 2.24) is 0 Å². The summed E-state index contributed by atoms with van der Waals surface area (Å²) in [6.07, 6.45) is 0.979. The summed E-state index contributed by atoms with van der Waals surface area (Å²) in [6.45, 7) is 0. The number of anilines is 2. The summed E-state index contributed by atoms with van der Waals surface area (Å²) < 4.78 is 0. The van der Waals surface area contributed by atoms with E-state index in [0.717, 1.165) is 11.1 Å². The van der Waals surface area contributed by atoms with E-state index >= 15 is 0 Å². The predicted octanol–water partition coefficient (Wildman–Crippen LogP) is 3.22. The standard InChI is InChI=1S/C18H12Cl2N2O2/c19-11-5-1-3-9-7-13-17(23)22-14(18(24)21(13)15(9)11)8-10-4-2-6-12(20)16(10)22/h1-6,13-14H,7-8H2/t13-,14-/m0/s1. The summed E-state index contributed by atoms with van der Waals surface area (Å²) in [5.74, 6) is -0.169. The molecule has 0 aromatic heterocycles.